The first-order valence-corrected chi connectivity index (χ1v) is 3.90. The fraction of sp³-hybridized carbons (Fsp3) is 0.333. The molecule has 0 atom stereocenters. The molecule has 1 N–H and O–H groups in total. The van der Waals surface area contributed by atoms with E-state index in [1.807, 2.05) is 6.92 Å². The van der Waals surface area contributed by atoms with Gasteiger partial charge < -0.3 is 19.3 Å². The number of phenolic OH excluding ortho intramolecular Hbond substituents is 1. The van der Waals surface area contributed by atoms with Gasteiger partial charge in [0.15, 0.2) is 11.5 Å². The van der Waals surface area contributed by atoms with Crippen molar-refractivity contribution < 1.29 is 19.3 Å². The zero-order valence-electron chi connectivity index (χ0n) is 7.46. The third-order valence-corrected chi connectivity index (χ3v) is 1.99. The van der Waals surface area contributed by atoms with Gasteiger partial charge in [-0.3, -0.25) is 0 Å². The van der Waals surface area contributed by atoms with Crippen LogP contribution in [-0.2, 0) is 0 Å². The Balaban J connectivity index is 2.62. The normalized spacial score (nSPS) is 13.1. The van der Waals surface area contributed by atoms with Crippen molar-refractivity contribution in [2.24, 2.45) is 0 Å². The second-order valence-electron chi connectivity index (χ2n) is 2.81. The molecule has 0 spiro atoms. The maximum absolute atomic E-state index is 9.60. The fourth-order valence-corrected chi connectivity index (χ4v) is 1.35. The molecule has 0 fully saturated rings. The SMILES string of the molecule is COc1cc(C)c2c(c1O)OCO2. The second-order valence-corrected chi connectivity index (χ2v) is 2.81. The lowest BCUT2D eigenvalue weighted by Gasteiger charge is -2.07. The summed E-state index contributed by atoms with van der Waals surface area (Å²) in [6.45, 7) is 2.02. The Morgan fingerprint density at radius 3 is 2.77 bits per heavy atom. The molecule has 4 heteroatoms. The molecule has 1 aromatic carbocycles. The smallest absolute Gasteiger partial charge is 0.231 e. The average Bonchev–Trinajstić information content (AvgIpc) is 2.60. The molecule has 0 aromatic heterocycles. The van der Waals surface area contributed by atoms with Gasteiger partial charge >= 0.3 is 0 Å². The second kappa shape index (κ2) is 2.73. The topological polar surface area (TPSA) is 47.9 Å². The van der Waals surface area contributed by atoms with Gasteiger partial charge in [0.1, 0.15) is 0 Å². The van der Waals surface area contributed by atoms with Crippen molar-refractivity contribution in [3.8, 4) is 23.0 Å². The monoisotopic (exact) mass is 182 g/mol. The van der Waals surface area contributed by atoms with Gasteiger partial charge in [-0.15, -0.1) is 0 Å². The van der Waals surface area contributed by atoms with E-state index in [2.05, 4.69) is 0 Å². The van der Waals surface area contributed by atoms with Gasteiger partial charge in [-0.05, 0) is 18.6 Å². The number of ether oxygens (including phenoxy) is 3. The van der Waals surface area contributed by atoms with E-state index in [-0.39, 0.29) is 12.5 Å². The van der Waals surface area contributed by atoms with Gasteiger partial charge in [-0.2, -0.15) is 0 Å². The van der Waals surface area contributed by atoms with E-state index >= 15 is 0 Å². The summed E-state index contributed by atoms with van der Waals surface area (Å²) in [6.07, 6.45) is 0. The molecule has 70 valence electrons. The molecule has 0 saturated heterocycles. The summed E-state index contributed by atoms with van der Waals surface area (Å²) < 4.78 is 15.2. The average molecular weight is 182 g/mol. The van der Waals surface area contributed by atoms with Crippen molar-refractivity contribution in [3.63, 3.8) is 0 Å². The molecule has 1 heterocycles. The Hall–Kier alpha value is -1.58. The minimum absolute atomic E-state index is 0.000556. The third kappa shape index (κ3) is 1.06. The summed E-state index contributed by atoms with van der Waals surface area (Å²) >= 11 is 0. The lowest BCUT2D eigenvalue weighted by Crippen LogP contribution is -1.93. The van der Waals surface area contributed by atoms with Crippen LogP contribution in [-0.4, -0.2) is 19.0 Å². The number of aromatic hydroxyl groups is 1. The first-order chi connectivity index (χ1) is 6.24. The molecule has 0 bridgehead atoms. The molecular formula is C9H10O4. The lowest BCUT2D eigenvalue weighted by molar-refractivity contribution is 0.170. The fourth-order valence-electron chi connectivity index (χ4n) is 1.35. The van der Waals surface area contributed by atoms with Gasteiger partial charge in [-0.1, -0.05) is 0 Å². The van der Waals surface area contributed by atoms with Gasteiger partial charge in [0.2, 0.25) is 18.3 Å². The van der Waals surface area contributed by atoms with Crippen molar-refractivity contribution in [2.75, 3.05) is 13.9 Å². The maximum Gasteiger partial charge on any atom is 0.231 e. The van der Waals surface area contributed by atoms with Crippen molar-refractivity contribution in [2.45, 2.75) is 6.92 Å². The highest BCUT2D eigenvalue weighted by Crippen LogP contribution is 2.48. The van der Waals surface area contributed by atoms with E-state index in [9.17, 15) is 5.11 Å². The molecule has 0 amide bonds. The quantitative estimate of drug-likeness (QED) is 0.713. The van der Waals surface area contributed by atoms with Crippen LogP contribution in [0.25, 0.3) is 0 Å². The molecule has 0 unspecified atom stereocenters. The summed E-state index contributed by atoms with van der Waals surface area (Å²) in [7, 11) is 1.50. The van der Waals surface area contributed by atoms with Crippen LogP contribution in [0, 0.1) is 6.92 Å². The van der Waals surface area contributed by atoms with E-state index in [0.717, 1.165) is 5.56 Å². The van der Waals surface area contributed by atoms with E-state index in [4.69, 9.17) is 14.2 Å². The number of aryl methyl sites for hydroxylation is 1. The molecule has 4 nitrogen and oxygen atoms in total. The van der Waals surface area contributed by atoms with Crippen molar-refractivity contribution in [1.82, 2.24) is 0 Å². The Morgan fingerprint density at radius 1 is 1.38 bits per heavy atom. The van der Waals surface area contributed by atoms with Crippen LogP contribution in [0.2, 0.25) is 0 Å². The summed E-state index contributed by atoms with van der Waals surface area (Å²) in [4.78, 5) is 0. The molecule has 1 aliphatic rings. The Morgan fingerprint density at radius 2 is 2.08 bits per heavy atom. The molecule has 0 saturated carbocycles. The molecule has 13 heavy (non-hydrogen) atoms. The molecular weight excluding hydrogens is 172 g/mol. The van der Waals surface area contributed by atoms with E-state index < -0.39 is 0 Å². The minimum Gasteiger partial charge on any atom is -0.502 e. The number of phenols is 1. The largest absolute Gasteiger partial charge is 0.502 e. The first-order valence-electron chi connectivity index (χ1n) is 3.90. The van der Waals surface area contributed by atoms with Gasteiger partial charge in [0.05, 0.1) is 7.11 Å². The van der Waals surface area contributed by atoms with Crippen molar-refractivity contribution in [3.05, 3.63) is 11.6 Å². The van der Waals surface area contributed by atoms with Crippen LogP contribution >= 0.6 is 0 Å². The predicted molar refractivity (Wildman–Crippen MR) is 45.5 cm³/mol. The van der Waals surface area contributed by atoms with Crippen LogP contribution < -0.4 is 14.2 Å². The Kier molecular flexibility index (Phi) is 1.69. The van der Waals surface area contributed by atoms with E-state index in [1.165, 1.54) is 7.11 Å². The number of methoxy groups -OCH3 is 1. The van der Waals surface area contributed by atoms with Crippen LogP contribution in [0.1, 0.15) is 5.56 Å². The van der Waals surface area contributed by atoms with Crippen LogP contribution in [0.3, 0.4) is 0 Å². The number of hydrogen-bond donors (Lipinski definition) is 1. The summed E-state index contributed by atoms with van der Waals surface area (Å²) in [5.41, 5.74) is 0.891. The van der Waals surface area contributed by atoms with E-state index in [0.29, 0.717) is 17.2 Å². The summed E-state index contributed by atoms with van der Waals surface area (Å²) in [6, 6.07) is 1.71. The molecule has 1 aliphatic heterocycles. The number of fused-ring (bicyclic) bond motifs is 1. The van der Waals surface area contributed by atoms with Crippen LogP contribution in [0.15, 0.2) is 6.07 Å². The zero-order chi connectivity index (χ0) is 9.42. The van der Waals surface area contributed by atoms with Crippen molar-refractivity contribution >= 4 is 0 Å². The number of rotatable bonds is 1. The van der Waals surface area contributed by atoms with Crippen LogP contribution in [0.5, 0.6) is 23.0 Å². The Bertz CT molecular complexity index is 346. The van der Waals surface area contributed by atoms with Crippen LogP contribution in [0.4, 0.5) is 0 Å². The maximum atomic E-state index is 9.60. The van der Waals surface area contributed by atoms with Crippen molar-refractivity contribution in [1.29, 1.82) is 0 Å². The number of benzene rings is 1. The molecule has 1 aromatic rings. The highest BCUT2D eigenvalue weighted by molar-refractivity contribution is 5.62. The summed E-state index contributed by atoms with van der Waals surface area (Å²) in [5.74, 6) is 1.37. The van der Waals surface area contributed by atoms with Gasteiger partial charge in [0, 0.05) is 0 Å². The highest BCUT2D eigenvalue weighted by atomic mass is 16.7. The van der Waals surface area contributed by atoms with E-state index in [1.54, 1.807) is 6.07 Å². The summed E-state index contributed by atoms with van der Waals surface area (Å²) in [5, 5.41) is 9.60. The zero-order valence-corrected chi connectivity index (χ0v) is 7.46. The molecule has 0 aliphatic carbocycles. The van der Waals surface area contributed by atoms with Gasteiger partial charge in [0.25, 0.3) is 0 Å². The molecule has 2 rings (SSSR count). The lowest BCUT2D eigenvalue weighted by atomic mass is 10.2. The third-order valence-electron chi connectivity index (χ3n) is 1.99. The highest BCUT2D eigenvalue weighted by Gasteiger charge is 2.23. The van der Waals surface area contributed by atoms with Gasteiger partial charge in [-0.25, -0.2) is 0 Å². The standard InChI is InChI=1S/C9H10O4/c1-5-3-6(11-2)7(10)9-8(5)12-4-13-9/h3,10H,4H2,1-2H3. The Labute approximate surface area is 75.7 Å². The predicted octanol–water partition coefficient (Wildman–Crippen LogP) is 1.44. The molecule has 0 radical (unpaired) electrons. The first kappa shape index (κ1) is 8.04. The number of hydrogen-bond acceptors (Lipinski definition) is 4. The minimum atomic E-state index is 0.000556.